The molecule has 2 aromatic rings. The fraction of sp³-hybridized carbons (Fsp3) is 0.0714. The second-order valence-electron chi connectivity index (χ2n) is 8.00. The van der Waals surface area contributed by atoms with Gasteiger partial charge in [0.05, 0.1) is 35.4 Å². The summed E-state index contributed by atoms with van der Waals surface area (Å²) in [5.74, 6) is -1.05. The first-order valence-corrected chi connectivity index (χ1v) is 17.2. The van der Waals surface area contributed by atoms with Gasteiger partial charge in [-0.15, -0.1) is 0 Å². The number of benzene rings is 2. The molecule has 4 heterocycles. The first-order chi connectivity index (χ1) is 19.0. The molecule has 196 valence electrons. The summed E-state index contributed by atoms with van der Waals surface area (Å²) in [6.07, 6.45) is 4.58. The SMILES string of the molecule is COC(=O)C1=C(C(=O)OC)SC(=C2SC3=C(SC(=C4C=C(c5ccccc5)SC(c5ccccc5)=C4)S3)S2)S1. The third-order valence-electron chi connectivity index (χ3n) is 5.56. The highest BCUT2D eigenvalue weighted by molar-refractivity contribution is 8.49. The molecule has 0 aromatic heterocycles. The van der Waals surface area contributed by atoms with Crippen LogP contribution in [0.3, 0.4) is 0 Å². The van der Waals surface area contributed by atoms with Crippen LogP contribution in [0.4, 0.5) is 0 Å². The van der Waals surface area contributed by atoms with Crippen LogP contribution in [0.25, 0.3) is 9.81 Å². The molecule has 11 heteroatoms. The van der Waals surface area contributed by atoms with Crippen LogP contribution in [0.5, 0.6) is 0 Å². The van der Waals surface area contributed by atoms with E-state index >= 15 is 0 Å². The Balaban J connectivity index is 1.26. The van der Waals surface area contributed by atoms with Gasteiger partial charge < -0.3 is 9.47 Å². The highest BCUT2D eigenvalue weighted by Gasteiger charge is 2.38. The molecule has 2 aromatic carbocycles. The molecule has 4 nitrogen and oxygen atoms in total. The van der Waals surface area contributed by atoms with Gasteiger partial charge in [0.1, 0.15) is 9.81 Å². The van der Waals surface area contributed by atoms with E-state index in [0.29, 0.717) is 0 Å². The summed E-state index contributed by atoms with van der Waals surface area (Å²) in [4.78, 5) is 27.6. The van der Waals surface area contributed by atoms with Crippen molar-refractivity contribution in [2.75, 3.05) is 14.2 Å². The summed E-state index contributed by atoms with van der Waals surface area (Å²) >= 11 is 11.3. The van der Waals surface area contributed by atoms with Gasteiger partial charge in [0.25, 0.3) is 0 Å². The molecular formula is C28H18O4S7. The van der Waals surface area contributed by atoms with Gasteiger partial charge in [-0.05, 0) is 28.9 Å². The van der Waals surface area contributed by atoms with Crippen molar-refractivity contribution in [3.8, 4) is 0 Å². The van der Waals surface area contributed by atoms with Gasteiger partial charge >= 0.3 is 11.9 Å². The van der Waals surface area contributed by atoms with Crippen molar-refractivity contribution in [3.63, 3.8) is 0 Å². The van der Waals surface area contributed by atoms with Crippen LogP contribution in [-0.2, 0) is 19.1 Å². The normalized spacial score (nSPS) is 18.9. The lowest BCUT2D eigenvalue weighted by atomic mass is 10.1. The quantitative estimate of drug-likeness (QED) is 0.300. The van der Waals surface area contributed by atoms with Gasteiger partial charge in [0, 0.05) is 9.81 Å². The Morgan fingerprint density at radius 2 is 0.897 bits per heavy atom. The van der Waals surface area contributed by atoms with E-state index in [2.05, 4.69) is 60.7 Å². The van der Waals surface area contributed by atoms with Crippen LogP contribution < -0.4 is 0 Å². The van der Waals surface area contributed by atoms with Crippen LogP contribution in [0.2, 0.25) is 0 Å². The van der Waals surface area contributed by atoms with Crippen molar-refractivity contribution in [2.24, 2.45) is 0 Å². The predicted octanol–water partition coefficient (Wildman–Crippen LogP) is 9.28. The first-order valence-electron chi connectivity index (χ1n) is 11.5. The number of carbonyl (C=O) groups excluding carboxylic acids is 2. The van der Waals surface area contributed by atoms with E-state index < -0.39 is 11.9 Å². The third-order valence-corrected chi connectivity index (χ3v) is 15.5. The number of esters is 2. The standard InChI is InChI=1S/C28H18O4S7/c1-31-22(29)20-21(23(30)32-2)35-25(34-20)26-38-27-28(39-26)37-24(36-27)17-13-18(15-9-5-3-6-10-15)33-19(14-17)16-11-7-4-8-12-16/h3-14H,1-2H3. The zero-order chi connectivity index (χ0) is 26.9. The summed E-state index contributed by atoms with van der Waals surface area (Å²) in [6, 6.07) is 21.0. The Morgan fingerprint density at radius 3 is 1.31 bits per heavy atom. The zero-order valence-electron chi connectivity index (χ0n) is 20.4. The predicted molar refractivity (Wildman–Crippen MR) is 174 cm³/mol. The second-order valence-corrected chi connectivity index (χ2v) is 16.5. The number of hydrogen-bond acceptors (Lipinski definition) is 11. The summed E-state index contributed by atoms with van der Waals surface area (Å²) in [6.45, 7) is 0. The number of carbonyl (C=O) groups is 2. The number of thioether (sulfide) groups is 7. The smallest absolute Gasteiger partial charge is 0.346 e. The molecule has 0 radical (unpaired) electrons. The minimum atomic E-state index is -0.523. The molecule has 4 aliphatic rings. The van der Waals surface area contributed by atoms with Crippen LogP contribution >= 0.6 is 82.3 Å². The van der Waals surface area contributed by atoms with Gasteiger partial charge in [-0.2, -0.15) is 0 Å². The summed E-state index contributed by atoms with van der Waals surface area (Å²) in [5, 5.41) is 0. The number of ether oxygens (including phenoxy) is 2. The molecule has 4 aliphatic heterocycles. The highest BCUT2D eigenvalue weighted by Crippen LogP contribution is 2.70. The maximum atomic E-state index is 12.3. The third kappa shape index (κ3) is 5.72. The van der Waals surface area contributed by atoms with Crippen molar-refractivity contribution in [3.05, 3.63) is 121 Å². The maximum absolute atomic E-state index is 12.3. The van der Waals surface area contributed by atoms with E-state index in [9.17, 15) is 9.59 Å². The Morgan fingerprint density at radius 1 is 0.513 bits per heavy atom. The average molecular weight is 643 g/mol. The number of hydrogen-bond donors (Lipinski definition) is 0. The van der Waals surface area contributed by atoms with Gasteiger partial charge in [-0.3, -0.25) is 0 Å². The molecule has 0 N–H and O–H groups in total. The molecule has 0 amide bonds. The molecule has 6 rings (SSSR count). The highest BCUT2D eigenvalue weighted by atomic mass is 32.3. The van der Waals surface area contributed by atoms with Gasteiger partial charge in [0.15, 0.2) is 0 Å². The fourth-order valence-corrected chi connectivity index (χ4v) is 13.9. The van der Waals surface area contributed by atoms with E-state index in [1.165, 1.54) is 77.0 Å². The Kier molecular flexibility index (Phi) is 8.46. The summed E-state index contributed by atoms with van der Waals surface area (Å²) in [7, 11) is 2.63. The van der Waals surface area contributed by atoms with Crippen molar-refractivity contribution in [1.29, 1.82) is 0 Å². The van der Waals surface area contributed by atoms with Crippen LogP contribution in [-0.4, -0.2) is 26.2 Å². The van der Waals surface area contributed by atoms with E-state index in [1.54, 1.807) is 58.8 Å². The zero-order valence-corrected chi connectivity index (χ0v) is 26.1. The van der Waals surface area contributed by atoms with Crippen molar-refractivity contribution in [2.45, 2.75) is 0 Å². The van der Waals surface area contributed by atoms with Gasteiger partial charge in [-0.25, -0.2) is 9.59 Å². The summed E-state index contributed by atoms with van der Waals surface area (Å²) in [5.41, 5.74) is 3.62. The average Bonchev–Trinajstić information content (AvgIpc) is 3.71. The van der Waals surface area contributed by atoms with E-state index in [0.717, 1.165) is 8.47 Å². The molecule has 0 aliphatic carbocycles. The molecular weight excluding hydrogens is 625 g/mol. The molecule has 39 heavy (non-hydrogen) atoms. The molecule has 0 unspecified atom stereocenters. The number of rotatable bonds is 4. The lowest BCUT2D eigenvalue weighted by Gasteiger charge is -2.18. The lowest BCUT2D eigenvalue weighted by Crippen LogP contribution is -2.08. The molecule has 0 atom stereocenters. The summed E-state index contributed by atoms with van der Waals surface area (Å²) < 4.78 is 15.5. The lowest BCUT2D eigenvalue weighted by molar-refractivity contribution is -0.138. The van der Waals surface area contributed by atoms with Crippen molar-refractivity contribution in [1.82, 2.24) is 0 Å². The van der Waals surface area contributed by atoms with E-state index in [4.69, 9.17) is 9.47 Å². The number of allylic oxidation sites excluding steroid dienone is 3. The van der Waals surface area contributed by atoms with Gasteiger partial charge in [-0.1, -0.05) is 143 Å². The minimum Gasteiger partial charge on any atom is -0.465 e. The monoisotopic (exact) mass is 642 g/mol. The van der Waals surface area contributed by atoms with Crippen LogP contribution in [0.15, 0.2) is 109 Å². The Bertz CT molecular complexity index is 1460. The molecule has 0 saturated carbocycles. The Hall–Kier alpha value is -1.73. The molecule has 0 saturated heterocycles. The van der Waals surface area contributed by atoms with Crippen molar-refractivity contribution < 1.29 is 19.1 Å². The van der Waals surface area contributed by atoms with Crippen LogP contribution in [0, 0.1) is 0 Å². The first kappa shape index (κ1) is 27.4. The van der Waals surface area contributed by atoms with Gasteiger partial charge in [0.2, 0.25) is 0 Å². The minimum absolute atomic E-state index is 0.282. The van der Waals surface area contributed by atoms with E-state index in [-0.39, 0.29) is 9.81 Å². The Labute approximate surface area is 256 Å². The van der Waals surface area contributed by atoms with Crippen LogP contribution in [0.1, 0.15) is 11.1 Å². The molecule has 0 bridgehead atoms. The topological polar surface area (TPSA) is 52.6 Å². The maximum Gasteiger partial charge on any atom is 0.346 e. The molecule has 0 fully saturated rings. The largest absolute Gasteiger partial charge is 0.465 e. The number of methoxy groups -OCH3 is 2. The molecule has 0 spiro atoms. The van der Waals surface area contributed by atoms with Crippen molar-refractivity contribution >= 4 is 104 Å². The fourth-order valence-electron chi connectivity index (χ4n) is 3.73. The van der Waals surface area contributed by atoms with E-state index in [1.807, 2.05) is 12.1 Å². The second kappa shape index (κ2) is 12.0.